The zero-order valence-electron chi connectivity index (χ0n) is 56.2. The Morgan fingerprint density at radius 2 is 1.12 bits per heavy atom. The first-order valence-corrected chi connectivity index (χ1v) is 34.3. The molecule has 4 aliphatic carbocycles. The van der Waals surface area contributed by atoms with Crippen molar-refractivity contribution in [2.24, 2.45) is 44.0 Å². The molecule has 0 aromatic heterocycles. The molecular formula is C69H98N2O30. The number of carbonyl (C=O) groups excluding carboxylic acids is 3. The lowest BCUT2D eigenvalue weighted by Crippen LogP contribution is -2.65. The van der Waals surface area contributed by atoms with E-state index >= 15 is 4.79 Å². The zero-order valence-corrected chi connectivity index (χ0v) is 56.2. The van der Waals surface area contributed by atoms with Gasteiger partial charge in [-0.25, -0.2) is 9.59 Å². The van der Waals surface area contributed by atoms with Crippen LogP contribution in [0.5, 0.6) is 0 Å². The molecule has 4 aliphatic heterocycles. The Balaban J connectivity index is 0.856. The summed E-state index contributed by atoms with van der Waals surface area (Å²) in [4.78, 5) is 48.1. The molecule has 101 heavy (non-hydrogen) atoms. The van der Waals surface area contributed by atoms with E-state index in [0.717, 1.165) is 24.4 Å². The minimum Gasteiger partial charge on any atom is -0.443 e. The maximum Gasteiger partial charge on any atom is 0.433 e. The Kier molecular flexibility index (Phi) is 26.5. The zero-order chi connectivity index (χ0) is 72.7. The van der Waals surface area contributed by atoms with Gasteiger partial charge in [0.15, 0.2) is 18.7 Å². The van der Waals surface area contributed by atoms with Gasteiger partial charge in [-0.15, -0.1) is 0 Å². The third kappa shape index (κ3) is 17.0. The van der Waals surface area contributed by atoms with Gasteiger partial charge in [-0.3, -0.25) is 4.79 Å². The summed E-state index contributed by atoms with van der Waals surface area (Å²) in [7, 11) is 0. The second-order valence-corrected chi connectivity index (χ2v) is 28.4. The van der Waals surface area contributed by atoms with Crippen LogP contribution < -0.4 is 0 Å². The molecule has 1 spiro atoms. The van der Waals surface area contributed by atoms with Crippen LogP contribution in [0.25, 0.3) is 0 Å². The van der Waals surface area contributed by atoms with Crippen molar-refractivity contribution in [3.63, 3.8) is 0 Å². The molecule has 2 bridgehead atoms. The minimum atomic E-state index is -1.95. The van der Waals surface area contributed by atoms with E-state index in [1.807, 2.05) is 6.92 Å². The smallest absolute Gasteiger partial charge is 0.433 e. The summed E-state index contributed by atoms with van der Waals surface area (Å²) in [6.45, 7) is 2.85. The fourth-order valence-electron chi connectivity index (χ4n) is 16.8. The number of aliphatic hydroxyl groups excluding tert-OH is 15. The Hall–Kier alpha value is -5.03. The van der Waals surface area contributed by atoms with Crippen LogP contribution >= 0.6 is 0 Å². The Labute approximate surface area is 582 Å². The van der Waals surface area contributed by atoms with Crippen molar-refractivity contribution >= 4 is 30.6 Å². The molecule has 10 rings (SSSR count). The highest BCUT2D eigenvalue weighted by atomic mass is 16.8. The van der Waals surface area contributed by atoms with E-state index in [9.17, 15) is 86.2 Å². The predicted molar refractivity (Wildman–Crippen MR) is 344 cm³/mol. The summed E-state index contributed by atoms with van der Waals surface area (Å²) in [5, 5.41) is 162. The number of hydrogen-bond acceptors (Lipinski definition) is 30. The van der Waals surface area contributed by atoms with Gasteiger partial charge in [0.05, 0.1) is 76.1 Å². The molecule has 8 aliphatic rings. The maximum absolute atomic E-state index is 15.0. The number of aliphatic imine (C=N–C) groups is 2. The molecule has 29 atom stereocenters. The average molecular weight is 1440 g/mol. The quantitative estimate of drug-likeness (QED) is 0.0201. The van der Waals surface area contributed by atoms with Gasteiger partial charge < -0.3 is 133 Å². The monoisotopic (exact) mass is 1430 g/mol. The number of aliphatic hydroxyl groups is 15. The molecule has 15 N–H and O–H groups in total. The topological polar surface area (TPSA) is 490 Å². The highest BCUT2D eigenvalue weighted by molar-refractivity contribution is 5.82. The van der Waals surface area contributed by atoms with Gasteiger partial charge in [0.25, 0.3) is 0 Å². The van der Waals surface area contributed by atoms with Gasteiger partial charge in [-0.05, 0) is 97.7 Å². The van der Waals surface area contributed by atoms with E-state index in [1.54, 1.807) is 60.7 Å². The third-order valence-electron chi connectivity index (χ3n) is 22.2. The molecule has 8 fully saturated rings. The summed E-state index contributed by atoms with van der Waals surface area (Å²) in [5.74, 6) is -2.31. The number of carbonyl (C=O) groups is 3. The Bertz CT molecular complexity index is 3100. The van der Waals surface area contributed by atoms with Crippen LogP contribution in [-0.4, -0.2) is 300 Å². The summed E-state index contributed by atoms with van der Waals surface area (Å²) in [6.07, 6.45) is -32.4. The summed E-state index contributed by atoms with van der Waals surface area (Å²) in [5.41, 5.74) is -1.02. The molecule has 32 nitrogen and oxygen atoms in total. The molecule has 4 heterocycles. The van der Waals surface area contributed by atoms with Crippen LogP contribution in [-0.2, 0) is 74.9 Å². The average Bonchev–Trinajstić information content (AvgIpc) is 1.64. The molecule has 2 aromatic rings. The van der Waals surface area contributed by atoms with Crippen LogP contribution in [0.1, 0.15) is 82.8 Å². The summed E-state index contributed by atoms with van der Waals surface area (Å²) < 4.78 is 72.0. The van der Waals surface area contributed by atoms with Crippen LogP contribution in [0.15, 0.2) is 82.8 Å². The molecule has 564 valence electrons. The fraction of sp³-hybridized carbons (Fsp3) is 0.725. The molecule has 4 saturated heterocycles. The number of nitrogens with zero attached hydrogens (tertiary/aromatic N) is 2. The first-order chi connectivity index (χ1) is 48.3. The maximum atomic E-state index is 15.0. The van der Waals surface area contributed by atoms with Gasteiger partial charge in [0, 0.05) is 18.3 Å². The largest absolute Gasteiger partial charge is 0.443 e. The van der Waals surface area contributed by atoms with Crippen molar-refractivity contribution in [2.45, 2.75) is 225 Å². The second kappa shape index (κ2) is 34.0. The fourth-order valence-corrected chi connectivity index (χ4v) is 16.8. The number of fused-ring (bicyclic) bond motifs is 3. The molecule has 2 amide bonds. The number of esters is 1. The van der Waals surface area contributed by atoms with Crippen LogP contribution in [0.3, 0.4) is 0 Å². The van der Waals surface area contributed by atoms with Gasteiger partial charge in [-0.2, -0.15) is 9.98 Å². The van der Waals surface area contributed by atoms with Crippen LogP contribution in [0.2, 0.25) is 0 Å². The highest BCUT2D eigenvalue weighted by Crippen LogP contribution is 2.73. The van der Waals surface area contributed by atoms with Gasteiger partial charge >= 0.3 is 18.2 Å². The summed E-state index contributed by atoms with van der Waals surface area (Å²) in [6, 6.07) is 17.4. The third-order valence-corrected chi connectivity index (χ3v) is 22.2. The van der Waals surface area contributed by atoms with Gasteiger partial charge in [-0.1, -0.05) is 80.6 Å². The highest BCUT2D eigenvalue weighted by Gasteiger charge is 2.69. The van der Waals surface area contributed by atoms with E-state index < -0.39 is 227 Å². The minimum absolute atomic E-state index is 0.0134. The predicted octanol–water partition coefficient (Wildman–Crippen LogP) is -1.88. The molecule has 2 aromatic carbocycles. The summed E-state index contributed by atoms with van der Waals surface area (Å²) >= 11 is 0. The molecular weight excluding hydrogens is 1340 g/mol. The van der Waals surface area contributed by atoms with E-state index in [-0.39, 0.29) is 31.7 Å². The molecule has 15 unspecified atom stereocenters. The van der Waals surface area contributed by atoms with Crippen LogP contribution in [0, 0.1) is 34.0 Å². The molecule has 32 heteroatoms. The van der Waals surface area contributed by atoms with E-state index in [4.69, 9.17) is 56.8 Å². The number of ether oxygens (including phenoxy) is 12. The van der Waals surface area contributed by atoms with Crippen molar-refractivity contribution in [1.82, 2.24) is 0 Å². The second-order valence-electron chi connectivity index (χ2n) is 28.4. The van der Waals surface area contributed by atoms with E-state index in [1.165, 1.54) is 0 Å². The molecule has 4 saturated carbocycles. The molecule has 0 radical (unpaired) electrons. The van der Waals surface area contributed by atoms with Crippen molar-refractivity contribution in [3.05, 3.63) is 83.9 Å². The Morgan fingerprint density at radius 3 is 1.68 bits per heavy atom. The first-order valence-electron chi connectivity index (χ1n) is 34.3. The lowest BCUT2D eigenvalue weighted by Gasteiger charge is -2.64. The van der Waals surface area contributed by atoms with Crippen LogP contribution in [0.4, 0.5) is 9.59 Å². The Morgan fingerprint density at radius 1 is 0.594 bits per heavy atom. The van der Waals surface area contributed by atoms with Crippen molar-refractivity contribution in [3.8, 4) is 0 Å². The van der Waals surface area contributed by atoms with E-state index in [2.05, 4.69) is 23.5 Å². The van der Waals surface area contributed by atoms with E-state index in [0.29, 0.717) is 62.5 Å². The van der Waals surface area contributed by atoms with Crippen molar-refractivity contribution < 1.29 is 148 Å². The standard InChI is InChI=1S/C69H98N2O30/c1-35-21-68-19-15-47-66(2,17-10-18-67(47,3)63(87)101-62-59(55(84)52(81)45(28-76)98-62)100-61-57(86)54(83)51(80)44(27-75)97-61)48(68)16-20-69(35,34-68)93-33-46-58(99-60-56(85)53(82)50(79)43(26-74)96-60)39(49(78)42(25-73)95-46)32-90-31-38(22-70-64(88)91-29-36-11-6-4-7-12-36)94-41(24-72)40(77)23-71-65(89)92-30-37-13-8-5-9-14-37/h4-9,11-14,22-23,38-62,72-86H,1,10,15-21,24-34H2,2-3H3/t38-,39?,40+,41?,42?,43?,44?,45?,46+,47?,48+,49+,50-,51-,52-,53?,54?,55?,56?,57?,58?,59?,60+,61+,62+,66-,67-,68?,69+/m1/s1. The van der Waals surface area contributed by atoms with Gasteiger partial charge in [0.2, 0.25) is 6.29 Å². The number of amides is 2. The van der Waals surface area contributed by atoms with Crippen molar-refractivity contribution in [1.29, 1.82) is 0 Å². The number of hydrogen-bond donors (Lipinski definition) is 15. The normalized spacial score (nSPS) is 41.1. The SMILES string of the molecule is C=C1CC23CCC4[C@](C)(C(=O)O[C@@H]5OC(CO)[C@@H](O)C(O)C5O[C@@H]5OC(CO)[C@@H](O)C(O)C5O)CCC[C@@]4(C)[C@@H]2CC[C@]1(OC[C@@H]1OC(CO)[C@@H](O)C(COC[C@@H](C=NC(=O)OCc2ccccc2)OC(CO)[C@@H](O)C=NC(=O)OCc2ccccc2)C1O[C@@H]1OC(CO)[C@@H](O)C(O)C1O)C3. The lowest BCUT2D eigenvalue weighted by atomic mass is 9.41. The number of benzene rings is 2. The van der Waals surface area contributed by atoms with Gasteiger partial charge in [0.1, 0.15) is 111 Å². The first kappa shape index (κ1) is 78.6. The lowest BCUT2D eigenvalue weighted by molar-refractivity contribution is -0.363. The number of rotatable bonds is 27. The van der Waals surface area contributed by atoms with Crippen molar-refractivity contribution in [2.75, 3.05) is 52.9 Å².